The van der Waals surface area contributed by atoms with Crippen LogP contribution in [-0.2, 0) is 4.79 Å². The summed E-state index contributed by atoms with van der Waals surface area (Å²) in [5, 5.41) is 6.89. The molecule has 0 saturated heterocycles. The van der Waals surface area contributed by atoms with Gasteiger partial charge in [0.2, 0.25) is 0 Å². The number of hydrogen-bond donors (Lipinski definition) is 1. The topological polar surface area (TPSA) is 37.3 Å². The molecule has 0 aromatic rings. The molecule has 0 atom stereocenters. The Balaban J connectivity index is 0.000000424. The number of carbonyl (C=O) groups is 1. The van der Waals surface area contributed by atoms with Crippen LogP contribution in [0.3, 0.4) is 0 Å². The van der Waals surface area contributed by atoms with E-state index in [4.69, 9.17) is 9.90 Å². The van der Waals surface area contributed by atoms with Gasteiger partial charge in [0, 0.05) is 0 Å². The zero-order chi connectivity index (χ0) is 10.3. The fourth-order valence-electron chi connectivity index (χ4n) is 1.97. The Bertz CT molecular complexity index is 130. The third kappa shape index (κ3) is 5.67. The van der Waals surface area contributed by atoms with Gasteiger partial charge in [0.15, 0.2) is 0 Å². The van der Waals surface area contributed by atoms with E-state index in [9.17, 15) is 0 Å². The molecule has 0 aromatic heterocycles. The average Bonchev–Trinajstić information content (AvgIpc) is 2.06. The van der Waals surface area contributed by atoms with Crippen LogP contribution in [0.4, 0.5) is 0 Å². The van der Waals surface area contributed by atoms with Gasteiger partial charge in [-0.25, -0.2) is 0 Å². The average molecular weight is 186 g/mol. The van der Waals surface area contributed by atoms with Crippen molar-refractivity contribution in [1.29, 1.82) is 0 Å². The van der Waals surface area contributed by atoms with Crippen LogP contribution in [0.15, 0.2) is 0 Å². The smallest absolute Gasteiger partial charge is 0.290 e. The highest BCUT2D eigenvalue weighted by atomic mass is 16.3. The molecule has 0 amide bonds. The standard InChI is InChI=1S/C10H20.CH2O2/c1-10(2,3)9-7-5-4-6-8-9;2-1-3/h9H,4-8H2,1-3H3;1H,(H,2,3). The molecule has 0 bridgehead atoms. The highest BCUT2D eigenvalue weighted by Crippen LogP contribution is 2.37. The highest BCUT2D eigenvalue weighted by molar-refractivity contribution is 5.32. The van der Waals surface area contributed by atoms with Gasteiger partial charge in [0.05, 0.1) is 0 Å². The molecule has 0 aliphatic heterocycles. The largest absolute Gasteiger partial charge is 0.483 e. The van der Waals surface area contributed by atoms with Gasteiger partial charge >= 0.3 is 0 Å². The van der Waals surface area contributed by atoms with Crippen molar-refractivity contribution in [3.8, 4) is 0 Å². The van der Waals surface area contributed by atoms with Crippen LogP contribution in [0.2, 0.25) is 0 Å². The van der Waals surface area contributed by atoms with Crippen molar-refractivity contribution in [2.75, 3.05) is 0 Å². The lowest BCUT2D eigenvalue weighted by atomic mass is 9.72. The van der Waals surface area contributed by atoms with Crippen LogP contribution < -0.4 is 0 Å². The van der Waals surface area contributed by atoms with Gasteiger partial charge in [-0.15, -0.1) is 0 Å². The van der Waals surface area contributed by atoms with E-state index < -0.39 is 0 Å². The summed E-state index contributed by atoms with van der Waals surface area (Å²) in [4.78, 5) is 8.36. The summed E-state index contributed by atoms with van der Waals surface area (Å²) in [5.74, 6) is 1.00. The minimum absolute atomic E-state index is 0.250. The van der Waals surface area contributed by atoms with Gasteiger partial charge < -0.3 is 5.11 Å². The number of hydrogen-bond acceptors (Lipinski definition) is 1. The first-order chi connectivity index (χ1) is 6.02. The lowest BCUT2D eigenvalue weighted by molar-refractivity contribution is -0.122. The zero-order valence-corrected chi connectivity index (χ0v) is 9.05. The summed E-state index contributed by atoms with van der Waals surface area (Å²) in [7, 11) is 0. The molecule has 1 aliphatic rings. The Morgan fingerprint density at radius 3 is 1.77 bits per heavy atom. The Morgan fingerprint density at radius 1 is 1.15 bits per heavy atom. The molecule has 0 aromatic carbocycles. The lowest BCUT2D eigenvalue weighted by Crippen LogP contribution is -2.22. The van der Waals surface area contributed by atoms with Crippen molar-refractivity contribution in [2.45, 2.75) is 52.9 Å². The number of rotatable bonds is 0. The van der Waals surface area contributed by atoms with E-state index >= 15 is 0 Å². The maximum atomic E-state index is 8.36. The van der Waals surface area contributed by atoms with Gasteiger partial charge in [0.25, 0.3) is 6.47 Å². The molecule has 1 N–H and O–H groups in total. The summed E-state index contributed by atoms with van der Waals surface area (Å²) in [6, 6.07) is 0. The number of carboxylic acid groups (broad SMARTS) is 1. The van der Waals surface area contributed by atoms with Crippen molar-refractivity contribution in [3.63, 3.8) is 0 Å². The van der Waals surface area contributed by atoms with Gasteiger partial charge in [-0.3, -0.25) is 4.79 Å². The summed E-state index contributed by atoms with van der Waals surface area (Å²) in [6.45, 7) is 6.88. The molecule has 1 rings (SSSR count). The molecule has 0 heterocycles. The van der Waals surface area contributed by atoms with Crippen molar-refractivity contribution in [3.05, 3.63) is 0 Å². The first kappa shape index (κ1) is 12.5. The second-order valence-corrected chi connectivity index (χ2v) is 4.81. The second-order valence-electron chi connectivity index (χ2n) is 4.81. The van der Waals surface area contributed by atoms with Crippen LogP contribution >= 0.6 is 0 Å². The molecular weight excluding hydrogens is 164 g/mol. The zero-order valence-electron chi connectivity index (χ0n) is 9.05. The molecule has 1 aliphatic carbocycles. The van der Waals surface area contributed by atoms with E-state index in [0.29, 0.717) is 5.41 Å². The first-order valence-electron chi connectivity index (χ1n) is 5.10. The lowest BCUT2D eigenvalue weighted by Gasteiger charge is -2.33. The van der Waals surface area contributed by atoms with Gasteiger partial charge in [0.1, 0.15) is 0 Å². The molecule has 0 unspecified atom stereocenters. The normalized spacial score (nSPS) is 18.7. The minimum atomic E-state index is -0.250. The SMILES string of the molecule is CC(C)(C)C1CCCCC1.O=CO. The highest BCUT2D eigenvalue weighted by Gasteiger charge is 2.25. The summed E-state index contributed by atoms with van der Waals surface area (Å²) >= 11 is 0. The molecule has 2 nitrogen and oxygen atoms in total. The van der Waals surface area contributed by atoms with Crippen molar-refractivity contribution >= 4 is 6.47 Å². The van der Waals surface area contributed by atoms with Crippen LogP contribution in [0, 0.1) is 11.3 Å². The molecule has 78 valence electrons. The molecule has 13 heavy (non-hydrogen) atoms. The summed E-state index contributed by atoms with van der Waals surface area (Å²) in [6.07, 6.45) is 7.38. The summed E-state index contributed by atoms with van der Waals surface area (Å²) < 4.78 is 0. The summed E-state index contributed by atoms with van der Waals surface area (Å²) in [5.41, 5.74) is 0.570. The maximum absolute atomic E-state index is 8.36. The predicted octanol–water partition coefficient (Wildman–Crippen LogP) is 3.31. The quantitative estimate of drug-likeness (QED) is 0.589. The molecule has 2 heteroatoms. The fourth-order valence-corrected chi connectivity index (χ4v) is 1.97. The van der Waals surface area contributed by atoms with E-state index in [1.54, 1.807) is 0 Å². The monoisotopic (exact) mass is 186 g/mol. The first-order valence-corrected chi connectivity index (χ1v) is 5.10. The fraction of sp³-hybridized carbons (Fsp3) is 0.909. The van der Waals surface area contributed by atoms with E-state index in [1.165, 1.54) is 32.1 Å². The van der Waals surface area contributed by atoms with E-state index in [2.05, 4.69) is 20.8 Å². The van der Waals surface area contributed by atoms with Gasteiger partial charge in [-0.1, -0.05) is 40.0 Å². The third-order valence-corrected chi connectivity index (χ3v) is 2.83. The van der Waals surface area contributed by atoms with E-state index in [1.807, 2.05) is 0 Å². The molecule has 0 spiro atoms. The Kier molecular flexibility index (Phi) is 5.76. The molecular formula is C11H22O2. The molecule has 1 fully saturated rings. The Labute approximate surface area is 81.3 Å². The molecule has 0 radical (unpaired) electrons. The van der Waals surface area contributed by atoms with E-state index in [0.717, 1.165) is 5.92 Å². The minimum Gasteiger partial charge on any atom is -0.483 e. The Morgan fingerprint density at radius 2 is 1.54 bits per heavy atom. The van der Waals surface area contributed by atoms with Gasteiger partial charge in [-0.2, -0.15) is 0 Å². The van der Waals surface area contributed by atoms with Crippen LogP contribution in [0.1, 0.15) is 52.9 Å². The van der Waals surface area contributed by atoms with Crippen LogP contribution in [0.25, 0.3) is 0 Å². The van der Waals surface area contributed by atoms with Gasteiger partial charge in [-0.05, 0) is 24.2 Å². The molecule has 1 saturated carbocycles. The van der Waals surface area contributed by atoms with Crippen LogP contribution in [-0.4, -0.2) is 11.6 Å². The van der Waals surface area contributed by atoms with E-state index in [-0.39, 0.29) is 6.47 Å². The predicted molar refractivity (Wildman–Crippen MR) is 54.7 cm³/mol. The van der Waals surface area contributed by atoms with Crippen molar-refractivity contribution in [1.82, 2.24) is 0 Å². The second kappa shape index (κ2) is 6.01. The Hall–Kier alpha value is -0.530. The van der Waals surface area contributed by atoms with Crippen molar-refractivity contribution < 1.29 is 9.90 Å². The van der Waals surface area contributed by atoms with Crippen molar-refractivity contribution in [2.24, 2.45) is 11.3 Å². The third-order valence-electron chi connectivity index (χ3n) is 2.83. The van der Waals surface area contributed by atoms with Crippen LogP contribution in [0.5, 0.6) is 0 Å². The maximum Gasteiger partial charge on any atom is 0.290 e.